The molecule has 0 heterocycles. The third-order valence-corrected chi connectivity index (χ3v) is 11.3. The molecule has 1 atom stereocenters. The molecule has 0 N–H and O–H groups in total. The summed E-state index contributed by atoms with van der Waals surface area (Å²) in [5, 5.41) is 0. The number of esters is 3. The molecule has 0 aliphatic carbocycles. The molecule has 0 aliphatic rings. The fraction of sp³-hybridized carbons (Fsp3) is 0.768. The largest absolute Gasteiger partial charge is 0.462 e. The number of hydrogen-bond donors (Lipinski definition) is 0. The maximum absolute atomic E-state index is 12.8. The molecule has 0 rings (SSSR count). The highest BCUT2D eigenvalue weighted by atomic mass is 16.6. The van der Waals surface area contributed by atoms with Crippen molar-refractivity contribution >= 4 is 17.9 Å². The zero-order valence-corrected chi connectivity index (χ0v) is 40.9. The summed E-state index contributed by atoms with van der Waals surface area (Å²) in [6.07, 6.45) is 62.1. The van der Waals surface area contributed by atoms with Gasteiger partial charge in [0.15, 0.2) is 6.10 Å². The minimum absolute atomic E-state index is 0.0836. The second kappa shape index (κ2) is 50.8. The van der Waals surface area contributed by atoms with Gasteiger partial charge in [-0.15, -0.1) is 0 Å². The first-order valence-corrected chi connectivity index (χ1v) is 26.3. The second-order valence-corrected chi connectivity index (χ2v) is 17.4. The monoisotopic (exact) mass is 867 g/mol. The van der Waals surface area contributed by atoms with Gasteiger partial charge < -0.3 is 14.2 Å². The summed E-state index contributed by atoms with van der Waals surface area (Å²) in [6.45, 7) is 6.48. The van der Waals surface area contributed by atoms with Gasteiger partial charge in [0.25, 0.3) is 0 Å². The van der Waals surface area contributed by atoms with E-state index >= 15 is 0 Å². The molecule has 0 radical (unpaired) electrons. The summed E-state index contributed by atoms with van der Waals surface area (Å²) in [4.78, 5) is 37.9. The first kappa shape index (κ1) is 59.1. The number of unbranched alkanes of at least 4 members (excludes halogenated alkanes) is 26. The molecule has 62 heavy (non-hydrogen) atoms. The van der Waals surface area contributed by atoms with Gasteiger partial charge in [-0.05, 0) is 83.5 Å². The van der Waals surface area contributed by atoms with Crippen LogP contribution in [0.15, 0.2) is 60.8 Å². The van der Waals surface area contributed by atoms with E-state index in [1.807, 2.05) is 0 Å². The Bertz CT molecular complexity index is 1130. The van der Waals surface area contributed by atoms with Gasteiger partial charge in [-0.1, -0.05) is 216 Å². The third kappa shape index (κ3) is 48.1. The van der Waals surface area contributed by atoms with Crippen LogP contribution in [0.5, 0.6) is 0 Å². The van der Waals surface area contributed by atoms with E-state index in [1.165, 1.54) is 122 Å². The number of ether oxygens (including phenoxy) is 3. The summed E-state index contributed by atoms with van der Waals surface area (Å²) >= 11 is 0. The van der Waals surface area contributed by atoms with Crippen LogP contribution in [-0.2, 0) is 28.6 Å². The molecule has 0 aromatic carbocycles. The Balaban J connectivity index is 4.31. The lowest BCUT2D eigenvalue weighted by atomic mass is 10.1. The van der Waals surface area contributed by atoms with Crippen molar-refractivity contribution in [2.45, 2.75) is 264 Å². The van der Waals surface area contributed by atoms with Crippen LogP contribution in [0.1, 0.15) is 258 Å². The van der Waals surface area contributed by atoms with Gasteiger partial charge in [0.2, 0.25) is 0 Å². The Morgan fingerprint density at radius 3 is 1.00 bits per heavy atom. The van der Waals surface area contributed by atoms with Crippen LogP contribution in [0, 0.1) is 0 Å². The Labute approximate surface area is 383 Å². The van der Waals surface area contributed by atoms with Crippen molar-refractivity contribution in [1.82, 2.24) is 0 Å². The van der Waals surface area contributed by atoms with Crippen LogP contribution in [0.4, 0.5) is 0 Å². The Morgan fingerprint density at radius 2 is 0.629 bits per heavy atom. The van der Waals surface area contributed by atoms with Crippen molar-refractivity contribution in [2.24, 2.45) is 0 Å². The van der Waals surface area contributed by atoms with E-state index in [0.29, 0.717) is 19.3 Å². The number of rotatable bonds is 47. The van der Waals surface area contributed by atoms with E-state index in [9.17, 15) is 14.4 Å². The standard InChI is InChI=1S/C56H98O6/c1-4-7-10-13-16-19-21-23-25-27-28-30-31-33-35-37-40-43-46-49-55(58)61-52-53(51-60-54(57)48-45-42-39-18-15-12-9-6-3)62-56(59)50-47-44-41-38-36-34-32-29-26-24-22-20-17-14-11-8-5-2/h8,11,17,20,23-26,32,34,53H,4-7,9-10,12-16,18-19,21-22,27-31,33,35-52H2,1-3H3/b11-8-,20-17-,25-23-,26-24-,34-32-. The first-order chi connectivity index (χ1) is 30.5. The normalized spacial score (nSPS) is 12.5. The van der Waals surface area contributed by atoms with Gasteiger partial charge in [0.1, 0.15) is 13.2 Å². The Morgan fingerprint density at radius 1 is 0.339 bits per heavy atom. The van der Waals surface area contributed by atoms with Gasteiger partial charge in [0, 0.05) is 19.3 Å². The molecule has 0 aromatic heterocycles. The Hall–Kier alpha value is -2.89. The number of hydrogen-bond acceptors (Lipinski definition) is 6. The molecule has 358 valence electrons. The average molecular weight is 867 g/mol. The average Bonchev–Trinajstić information content (AvgIpc) is 3.27. The molecule has 0 amide bonds. The summed E-state index contributed by atoms with van der Waals surface area (Å²) in [5.41, 5.74) is 0. The molecule has 0 saturated heterocycles. The van der Waals surface area contributed by atoms with E-state index in [1.54, 1.807) is 0 Å². The highest BCUT2D eigenvalue weighted by Gasteiger charge is 2.19. The van der Waals surface area contributed by atoms with Crippen LogP contribution >= 0.6 is 0 Å². The van der Waals surface area contributed by atoms with Gasteiger partial charge >= 0.3 is 17.9 Å². The lowest BCUT2D eigenvalue weighted by Crippen LogP contribution is -2.30. The number of allylic oxidation sites excluding steroid dienone is 10. The summed E-state index contributed by atoms with van der Waals surface area (Å²) in [7, 11) is 0. The van der Waals surface area contributed by atoms with E-state index in [-0.39, 0.29) is 31.1 Å². The summed E-state index contributed by atoms with van der Waals surface area (Å²) in [6, 6.07) is 0. The van der Waals surface area contributed by atoms with Crippen LogP contribution in [0.3, 0.4) is 0 Å². The maximum Gasteiger partial charge on any atom is 0.306 e. The fourth-order valence-corrected chi connectivity index (χ4v) is 7.31. The molecular weight excluding hydrogens is 769 g/mol. The van der Waals surface area contributed by atoms with Crippen molar-refractivity contribution in [3.05, 3.63) is 60.8 Å². The molecule has 0 aromatic rings. The third-order valence-electron chi connectivity index (χ3n) is 11.3. The Kier molecular flexibility index (Phi) is 48.4. The van der Waals surface area contributed by atoms with Crippen molar-refractivity contribution in [2.75, 3.05) is 13.2 Å². The highest BCUT2D eigenvalue weighted by Crippen LogP contribution is 2.15. The van der Waals surface area contributed by atoms with Gasteiger partial charge in [0.05, 0.1) is 0 Å². The highest BCUT2D eigenvalue weighted by molar-refractivity contribution is 5.71. The van der Waals surface area contributed by atoms with Crippen molar-refractivity contribution in [3.63, 3.8) is 0 Å². The number of carbonyl (C=O) groups excluding carboxylic acids is 3. The molecular formula is C56H98O6. The minimum Gasteiger partial charge on any atom is -0.462 e. The molecule has 1 unspecified atom stereocenters. The summed E-state index contributed by atoms with van der Waals surface area (Å²) in [5.74, 6) is -0.909. The lowest BCUT2D eigenvalue weighted by Gasteiger charge is -2.18. The quantitative estimate of drug-likeness (QED) is 0.0262. The van der Waals surface area contributed by atoms with Gasteiger partial charge in [-0.25, -0.2) is 0 Å². The molecule has 6 heteroatoms. The minimum atomic E-state index is -0.784. The number of carbonyl (C=O) groups is 3. The van der Waals surface area contributed by atoms with Gasteiger partial charge in [-0.2, -0.15) is 0 Å². The molecule has 0 bridgehead atoms. The molecule has 0 aliphatic heterocycles. The summed E-state index contributed by atoms with van der Waals surface area (Å²) < 4.78 is 16.7. The van der Waals surface area contributed by atoms with E-state index in [0.717, 1.165) is 96.3 Å². The zero-order chi connectivity index (χ0) is 45.1. The van der Waals surface area contributed by atoms with Crippen molar-refractivity contribution in [1.29, 1.82) is 0 Å². The van der Waals surface area contributed by atoms with Crippen LogP contribution in [-0.4, -0.2) is 37.2 Å². The topological polar surface area (TPSA) is 78.9 Å². The van der Waals surface area contributed by atoms with E-state index in [4.69, 9.17) is 14.2 Å². The van der Waals surface area contributed by atoms with Crippen LogP contribution in [0.25, 0.3) is 0 Å². The smallest absolute Gasteiger partial charge is 0.306 e. The lowest BCUT2D eigenvalue weighted by molar-refractivity contribution is -0.167. The molecule has 0 spiro atoms. The molecule has 0 saturated carbocycles. The van der Waals surface area contributed by atoms with E-state index in [2.05, 4.69) is 81.5 Å². The first-order valence-electron chi connectivity index (χ1n) is 26.3. The predicted octanol–water partition coefficient (Wildman–Crippen LogP) is 17.3. The van der Waals surface area contributed by atoms with Crippen molar-refractivity contribution < 1.29 is 28.6 Å². The fourth-order valence-electron chi connectivity index (χ4n) is 7.31. The molecule has 6 nitrogen and oxygen atoms in total. The van der Waals surface area contributed by atoms with Crippen molar-refractivity contribution in [3.8, 4) is 0 Å². The predicted molar refractivity (Wildman–Crippen MR) is 265 cm³/mol. The van der Waals surface area contributed by atoms with Gasteiger partial charge in [-0.3, -0.25) is 14.4 Å². The van der Waals surface area contributed by atoms with Crippen LogP contribution < -0.4 is 0 Å². The molecule has 0 fully saturated rings. The SMILES string of the molecule is CC/C=C\C/C=C\C/C=C\C/C=C\CCCCCCC(=O)OC(COC(=O)CCCCCCCCCC)COC(=O)CCCCCCCCCCC/C=C\CCCCCCCC. The van der Waals surface area contributed by atoms with Crippen LogP contribution in [0.2, 0.25) is 0 Å². The van der Waals surface area contributed by atoms with E-state index < -0.39 is 6.10 Å². The maximum atomic E-state index is 12.8. The zero-order valence-electron chi connectivity index (χ0n) is 40.9. The second-order valence-electron chi connectivity index (χ2n) is 17.4.